The van der Waals surface area contributed by atoms with Gasteiger partial charge in [0.15, 0.2) is 5.78 Å². The minimum absolute atomic E-state index is 0.0174. The summed E-state index contributed by atoms with van der Waals surface area (Å²) >= 11 is 3.39. The number of Topliss-reactive ketones (excluding diaryl/α,β-unsaturated/α-hetero) is 1. The Bertz CT molecular complexity index is 506. The van der Waals surface area contributed by atoms with Crippen molar-refractivity contribution in [3.05, 3.63) is 65.7 Å². The minimum atomic E-state index is -0.353. The van der Waals surface area contributed by atoms with Crippen LogP contribution in [0.2, 0.25) is 0 Å². The van der Waals surface area contributed by atoms with Crippen LogP contribution in [0.1, 0.15) is 20.7 Å². The SMILES string of the molecule is O=C(c1ccc(O)cc1)[C@H](Br)c1ccccc1. The summed E-state index contributed by atoms with van der Waals surface area (Å²) in [5.41, 5.74) is 1.50. The molecule has 2 nitrogen and oxygen atoms in total. The van der Waals surface area contributed by atoms with Crippen LogP contribution in [0, 0.1) is 0 Å². The predicted molar refractivity (Wildman–Crippen MR) is 70.5 cm³/mol. The number of ketones is 1. The Hall–Kier alpha value is -1.61. The number of phenols is 1. The number of hydrogen-bond donors (Lipinski definition) is 1. The maximum Gasteiger partial charge on any atom is 0.180 e. The number of aromatic hydroxyl groups is 1. The van der Waals surface area contributed by atoms with E-state index in [9.17, 15) is 9.90 Å². The highest BCUT2D eigenvalue weighted by Crippen LogP contribution is 2.27. The van der Waals surface area contributed by atoms with Crippen LogP contribution < -0.4 is 0 Å². The molecule has 0 saturated heterocycles. The van der Waals surface area contributed by atoms with E-state index in [-0.39, 0.29) is 16.4 Å². The van der Waals surface area contributed by atoms with Gasteiger partial charge in [-0.15, -0.1) is 0 Å². The molecule has 0 radical (unpaired) electrons. The minimum Gasteiger partial charge on any atom is -0.508 e. The molecule has 0 aliphatic carbocycles. The molecule has 0 aliphatic heterocycles. The third-order valence-electron chi connectivity index (χ3n) is 2.47. The van der Waals surface area contributed by atoms with Gasteiger partial charge in [0.2, 0.25) is 0 Å². The lowest BCUT2D eigenvalue weighted by Gasteiger charge is -2.09. The zero-order valence-corrected chi connectivity index (χ0v) is 10.6. The third-order valence-corrected chi connectivity index (χ3v) is 3.42. The van der Waals surface area contributed by atoms with E-state index in [1.54, 1.807) is 12.1 Å². The Morgan fingerprint density at radius 1 is 1.00 bits per heavy atom. The summed E-state index contributed by atoms with van der Waals surface area (Å²) in [6.45, 7) is 0. The quantitative estimate of drug-likeness (QED) is 0.691. The first-order valence-corrected chi connectivity index (χ1v) is 6.12. The van der Waals surface area contributed by atoms with Gasteiger partial charge in [0.1, 0.15) is 10.6 Å². The summed E-state index contributed by atoms with van der Waals surface area (Å²) in [6, 6.07) is 15.8. The van der Waals surface area contributed by atoms with Crippen molar-refractivity contribution < 1.29 is 9.90 Å². The topological polar surface area (TPSA) is 37.3 Å². The molecule has 3 heteroatoms. The van der Waals surface area contributed by atoms with Gasteiger partial charge in [-0.25, -0.2) is 0 Å². The molecule has 2 rings (SSSR count). The first kappa shape index (κ1) is 11.9. The van der Waals surface area contributed by atoms with Gasteiger partial charge in [-0.3, -0.25) is 4.79 Å². The van der Waals surface area contributed by atoms with Gasteiger partial charge < -0.3 is 5.11 Å². The van der Waals surface area contributed by atoms with Crippen molar-refractivity contribution in [1.82, 2.24) is 0 Å². The second-order valence-corrected chi connectivity index (χ2v) is 4.60. The number of phenolic OH excluding ortho intramolecular Hbond substituents is 1. The van der Waals surface area contributed by atoms with E-state index in [4.69, 9.17) is 0 Å². The highest BCUT2D eigenvalue weighted by molar-refractivity contribution is 9.09. The molecule has 0 amide bonds. The molecule has 0 saturated carbocycles. The van der Waals surface area contributed by atoms with E-state index in [0.717, 1.165) is 5.56 Å². The van der Waals surface area contributed by atoms with Crippen molar-refractivity contribution in [2.24, 2.45) is 0 Å². The van der Waals surface area contributed by atoms with E-state index < -0.39 is 0 Å². The first-order chi connectivity index (χ1) is 8.18. The van der Waals surface area contributed by atoms with Gasteiger partial charge in [0, 0.05) is 5.56 Å². The fraction of sp³-hybridized carbons (Fsp3) is 0.0714. The molecule has 0 fully saturated rings. The van der Waals surface area contributed by atoms with E-state index in [0.29, 0.717) is 5.56 Å². The van der Waals surface area contributed by atoms with Gasteiger partial charge in [0.25, 0.3) is 0 Å². The fourth-order valence-corrected chi connectivity index (χ4v) is 2.11. The molecule has 0 aliphatic rings. The van der Waals surface area contributed by atoms with Crippen LogP contribution in [-0.2, 0) is 0 Å². The van der Waals surface area contributed by atoms with Gasteiger partial charge in [-0.1, -0.05) is 46.3 Å². The Labute approximate surface area is 108 Å². The summed E-state index contributed by atoms with van der Waals surface area (Å²) < 4.78 is 0. The van der Waals surface area contributed by atoms with Crippen molar-refractivity contribution in [2.75, 3.05) is 0 Å². The van der Waals surface area contributed by atoms with Crippen LogP contribution in [0.3, 0.4) is 0 Å². The molecule has 0 bridgehead atoms. The number of carbonyl (C=O) groups excluding carboxylic acids is 1. The molecule has 17 heavy (non-hydrogen) atoms. The monoisotopic (exact) mass is 290 g/mol. The maximum atomic E-state index is 12.1. The van der Waals surface area contributed by atoms with Crippen LogP contribution in [-0.4, -0.2) is 10.9 Å². The first-order valence-electron chi connectivity index (χ1n) is 5.21. The Morgan fingerprint density at radius 2 is 1.59 bits per heavy atom. The number of rotatable bonds is 3. The normalized spacial score (nSPS) is 12.1. The average molecular weight is 291 g/mol. The lowest BCUT2D eigenvalue weighted by molar-refractivity contribution is 0.0991. The van der Waals surface area contributed by atoms with Crippen LogP contribution in [0.5, 0.6) is 5.75 Å². The van der Waals surface area contributed by atoms with Crippen LogP contribution >= 0.6 is 15.9 Å². The molecule has 0 unspecified atom stereocenters. The average Bonchev–Trinajstić information content (AvgIpc) is 2.39. The maximum absolute atomic E-state index is 12.1. The molecule has 1 N–H and O–H groups in total. The van der Waals surface area contributed by atoms with Crippen LogP contribution in [0.15, 0.2) is 54.6 Å². The van der Waals surface area contributed by atoms with Crippen molar-refractivity contribution in [3.8, 4) is 5.75 Å². The zero-order valence-electron chi connectivity index (χ0n) is 9.01. The molecular weight excluding hydrogens is 280 g/mol. The summed E-state index contributed by atoms with van der Waals surface area (Å²) in [7, 11) is 0. The standard InChI is InChI=1S/C14H11BrO2/c15-13(10-4-2-1-3-5-10)14(17)11-6-8-12(16)9-7-11/h1-9,13,16H/t13-/m1/s1. The van der Waals surface area contributed by atoms with Gasteiger partial charge in [0.05, 0.1) is 0 Å². The highest BCUT2D eigenvalue weighted by Gasteiger charge is 2.18. The molecule has 1 atom stereocenters. The Kier molecular flexibility index (Phi) is 3.59. The van der Waals surface area contributed by atoms with E-state index in [1.165, 1.54) is 12.1 Å². The summed E-state index contributed by atoms with van der Waals surface area (Å²) in [4.78, 5) is 11.8. The van der Waals surface area contributed by atoms with Gasteiger partial charge in [-0.2, -0.15) is 0 Å². The smallest absolute Gasteiger partial charge is 0.180 e. The molecule has 2 aromatic rings. The van der Waals surface area contributed by atoms with E-state index in [2.05, 4.69) is 15.9 Å². The third kappa shape index (κ3) is 2.74. The van der Waals surface area contributed by atoms with Crippen molar-refractivity contribution in [1.29, 1.82) is 0 Å². The van der Waals surface area contributed by atoms with Crippen molar-refractivity contribution in [3.63, 3.8) is 0 Å². The molecule has 0 spiro atoms. The molecule has 86 valence electrons. The number of benzene rings is 2. The Balaban J connectivity index is 2.23. The van der Waals surface area contributed by atoms with Gasteiger partial charge >= 0.3 is 0 Å². The molecule has 0 heterocycles. The number of alkyl halides is 1. The number of carbonyl (C=O) groups is 1. The highest BCUT2D eigenvalue weighted by atomic mass is 79.9. The van der Waals surface area contributed by atoms with Crippen LogP contribution in [0.4, 0.5) is 0 Å². The molecule has 2 aromatic carbocycles. The lowest BCUT2D eigenvalue weighted by atomic mass is 10.0. The lowest BCUT2D eigenvalue weighted by Crippen LogP contribution is -2.06. The van der Waals surface area contributed by atoms with Gasteiger partial charge in [-0.05, 0) is 29.8 Å². The largest absolute Gasteiger partial charge is 0.508 e. The number of halogens is 1. The summed E-state index contributed by atoms with van der Waals surface area (Å²) in [5, 5.41) is 9.17. The summed E-state index contributed by atoms with van der Waals surface area (Å²) in [5.74, 6) is 0.142. The summed E-state index contributed by atoms with van der Waals surface area (Å²) in [6.07, 6.45) is 0. The molecular formula is C14H11BrO2. The van der Waals surface area contributed by atoms with Crippen LogP contribution in [0.25, 0.3) is 0 Å². The fourth-order valence-electron chi connectivity index (χ4n) is 1.55. The van der Waals surface area contributed by atoms with E-state index in [1.807, 2.05) is 30.3 Å². The second kappa shape index (κ2) is 5.15. The zero-order chi connectivity index (χ0) is 12.3. The van der Waals surface area contributed by atoms with Crippen molar-refractivity contribution in [2.45, 2.75) is 4.83 Å². The second-order valence-electron chi connectivity index (χ2n) is 3.68. The van der Waals surface area contributed by atoms with Crippen molar-refractivity contribution >= 4 is 21.7 Å². The molecule has 0 aromatic heterocycles. The number of hydrogen-bond acceptors (Lipinski definition) is 2. The predicted octanol–water partition coefficient (Wildman–Crippen LogP) is 3.71. The van der Waals surface area contributed by atoms with E-state index >= 15 is 0 Å². The Morgan fingerprint density at radius 3 is 2.18 bits per heavy atom.